The third kappa shape index (κ3) is 16.0. The number of aromatic nitrogens is 1. The van der Waals surface area contributed by atoms with Crippen molar-refractivity contribution in [2.75, 3.05) is 25.3 Å². The maximum Gasteiger partial charge on any atom is 0.328 e. The minimum Gasteiger partial charge on any atom is -0.478 e. The first-order valence-electron chi connectivity index (χ1n) is 7.36. The fourth-order valence-corrected chi connectivity index (χ4v) is 3.49. The van der Waals surface area contributed by atoms with Crippen molar-refractivity contribution in [3.05, 3.63) is 23.2 Å². The zero-order valence-electron chi connectivity index (χ0n) is 15.1. The van der Waals surface area contributed by atoms with Gasteiger partial charge in [0.25, 0.3) is 0 Å². The van der Waals surface area contributed by atoms with Gasteiger partial charge in [0, 0.05) is 49.6 Å². The molecule has 7 N–H and O–H groups in total. The summed E-state index contributed by atoms with van der Waals surface area (Å²) in [5, 5.41) is 25.0. The first-order valence-corrected chi connectivity index (χ1v) is 10.9. The Morgan fingerprint density at radius 2 is 1.93 bits per heavy atom. The molecule has 0 aliphatic heterocycles. The molecule has 0 atom stereocenters. The SMILES string of the molecule is CN(C)Nc1nc(CSCC/C(N)=N/S(N)(=O)=O)cs1.O=C(O)/C=C\C(=O)O. The Morgan fingerprint density at radius 1 is 1.36 bits per heavy atom. The van der Waals surface area contributed by atoms with E-state index < -0.39 is 22.1 Å². The molecule has 1 aromatic heterocycles. The van der Waals surface area contributed by atoms with Crippen LogP contribution < -0.4 is 16.3 Å². The van der Waals surface area contributed by atoms with Crippen molar-refractivity contribution in [3.63, 3.8) is 0 Å². The van der Waals surface area contributed by atoms with Crippen LogP contribution in [-0.2, 0) is 25.6 Å². The largest absolute Gasteiger partial charge is 0.478 e. The molecule has 0 aromatic carbocycles. The number of nitrogens with zero attached hydrogens (tertiary/aromatic N) is 3. The van der Waals surface area contributed by atoms with E-state index in [1.54, 1.807) is 11.8 Å². The van der Waals surface area contributed by atoms with Crippen LogP contribution in [0.2, 0.25) is 0 Å². The molecule has 0 bridgehead atoms. The van der Waals surface area contributed by atoms with E-state index in [9.17, 15) is 18.0 Å². The Labute approximate surface area is 170 Å². The number of carboxylic acids is 2. The number of hydrogen-bond donors (Lipinski definition) is 5. The molecule has 15 heteroatoms. The third-order valence-electron chi connectivity index (χ3n) is 2.24. The van der Waals surface area contributed by atoms with Gasteiger partial charge in [-0.05, 0) is 0 Å². The van der Waals surface area contributed by atoms with Gasteiger partial charge in [0.05, 0.1) is 5.69 Å². The molecule has 0 radical (unpaired) electrons. The molecule has 0 spiro atoms. The molecule has 158 valence electrons. The van der Waals surface area contributed by atoms with Gasteiger partial charge < -0.3 is 15.9 Å². The lowest BCUT2D eigenvalue weighted by molar-refractivity contribution is -0.134. The first-order chi connectivity index (χ1) is 12.9. The van der Waals surface area contributed by atoms with Crippen molar-refractivity contribution in [3.8, 4) is 0 Å². The smallest absolute Gasteiger partial charge is 0.328 e. The summed E-state index contributed by atoms with van der Waals surface area (Å²) in [5.41, 5.74) is 9.48. The number of carbonyl (C=O) groups is 2. The number of thioether (sulfide) groups is 1. The molecule has 1 aromatic rings. The average Bonchev–Trinajstić information content (AvgIpc) is 2.95. The van der Waals surface area contributed by atoms with Crippen LogP contribution in [0.15, 0.2) is 21.9 Å². The predicted molar refractivity (Wildman–Crippen MR) is 109 cm³/mol. The molecule has 1 rings (SSSR count). The number of hydrazine groups is 1. The average molecular weight is 455 g/mol. The summed E-state index contributed by atoms with van der Waals surface area (Å²) in [7, 11) is -0.106. The minimum atomic E-state index is -3.89. The highest BCUT2D eigenvalue weighted by atomic mass is 32.2. The quantitative estimate of drug-likeness (QED) is 0.104. The van der Waals surface area contributed by atoms with Crippen molar-refractivity contribution in [2.24, 2.45) is 15.3 Å². The zero-order chi connectivity index (χ0) is 21.7. The van der Waals surface area contributed by atoms with Crippen molar-refractivity contribution in [2.45, 2.75) is 12.2 Å². The summed E-state index contributed by atoms with van der Waals surface area (Å²) in [6.07, 6.45) is 1.48. The van der Waals surface area contributed by atoms with Gasteiger partial charge in [0.1, 0.15) is 5.84 Å². The van der Waals surface area contributed by atoms with Crippen molar-refractivity contribution in [1.82, 2.24) is 9.99 Å². The summed E-state index contributed by atoms with van der Waals surface area (Å²) in [6, 6.07) is 0. The first kappa shape index (κ1) is 25.8. The van der Waals surface area contributed by atoms with Gasteiger partial charge in [0.15, 0.2) is 5.13 Å². The van der Waals surface area contributed by atoms with E-state index in [0.29, 0.717) is 24.3 Å². The molecule has 0 aliphatic rings. The summed E-state index contributed by atoms with van der Waals surface area (Å²) in [6.45, 7) is 0. The molecule has 28 heavy (non-hydrogen) atoms. The van der Waals surface area contributed by atoms with Crippen LogP contribution in [-0.4, -0.2) is 66.2 Å². The van der Waals surface area contributed by atoms with E-state index in [-0.39, 0.29) is 5.84 Å². The van der Waals surface area contributed by atoms with Gasteiger partial charge in [-0.25, -0.2) is 24.7 Å². The molecule has 12 nitrogen and oxygen atoms in total. The molecule has 0 fully saturated rings. The van der Waals surface area contributed by atoms with E-state index in [0.717, 1.165) is 16.6 Å². The number of nitrogens with one attached hydrogen (secondary N) is 1. The van der Waals surface area contributed by atoms with Gasteiger partial charge >= 0.3 is 22.1 Å². The van der Waals surface area contributed by atoms with Gasteiger partial charge in [-0.3, -0.25) is 5.43 Å². The Morgan fingerprint density at radius 3 is 2.39 bits per heavy atom. The molecule has 0 amide bonds. The van der Waals surface area contributed by atoms with Crippen LogP contribution in [0, 0.1) is 0 Å². The molecule has 1 heterocycles. The lowest BCUT2D eigenvalue weighted by atomic mass is 10.5. The Balaban J connectivity index is 0.000000769. The van der Waals surface area contributed by atoms with Crippen LogP contribution in [0.5, 0.6) is 0 Å². The van der Waals surface area contributed by atoms with E-state index >= 15 is 0 Å². The molecule has 0 aliphatic carbocycles. The topological polar surface area (TPSA) is 201 Å². The van der Waals surface area contributed by atoms with E-state index in [4.69, 9.17) is 21.1 Å². The molecule has 0 saturated heterocycles. The number of rotatable bonds is 10. The second-order valence-corrected chi connectivity index (χ2v) is 8.24. The highest BCUT2D eigenvalue weighted by Gasteiger charge is 2.04. The van der Waals surface area contributed by atoms with E-state index in [1.165, 1.54) is 11.3 Å². The molecular formula is C13H22N6O6S3. The highest BCUT2D eigenvalue weighted by molar-refractivity contribution is 7.98. The maximum absolute atomic E-state index is 10.7. The number of hydrogen-bond acceptors (Lipinski definition) is 9. The van der Waals surface area contributed by atoms with Gasteiger partial charge in [-0.15, -0.1) is 15.7 Å². The second-order valence-electron chi connectivity index (χ2n) is 5.06. The number of carboxylic acid groups (broad SMARTS) is 2. The van der Waals surface area contributed by atoms with Gasteiger partial charge in [-0.2, -0.15) is 20.2 Å². The number of aliphatic carboxylic acids is 2. The Hall–Kier alpha value is -2.20. The van der Waals surface area contributed by atoms with Crippen LogP contribution in [0.1, 0.15) is 12.1 Å². The highest BCUT2D eigenvalue weighted by Crippen LogP contribution is 2.19. The molecule has 0 saturated carbocycles. The number of nitrogens with two attached hydrogens (primary N) is 2. The second kappa shape index (κ2) is 13.1. The van der Waals surface area contributed by atoms with E-state index in [2.05, 4.69) is 14.8 Å². The summed E-state index contributed by atoms with van der Waals surface area (Å²) >= 11 is 3.13. The minimum absolute atomic E-state index is 0.0215. The lowest BCUT2D eigenvalue weighted by Crippen LogP contribution is -2.19. The predicted octanol–water partition coefficient (Wildman–Crippen LogP) is -0.0726. The Bertz CT molecular complexity index is 789. The standard InChI is InChI=1S/C9H18N6O2S3.C4H4O4/c1-15(2)13-9-12-7(6-19-9)5-18-4-3-8(10)14-20(11,16)17;5-3(6)1-2-4(7)8/h6H,3-5H2,1-2H3,(H2,10,14)(H,12,13)(H2,11,16,17);1-2H,(H,5,6)(H,7,8)/b;2-1-. The Kier molecular flexibility index (Phi) is 12.0. The fraction of sp³-hybridized carbons (Fsp3) is 0.385. The normalized spacial score (nSPS) is 11.9. The van der Waals surface area contributed by atoms with Crippen molar-refractivity contribution < 1.29 is 28.2 Å². The maximum atomic E-state index is 10.7. The third-order valence-corrected chi connectivity index (χ3v) is 4.51. The number of amidine groups is 1. The van der Waals surface area contributed by atoms with E-state index in [1.807, 2.05) is 24.5 Å². The molecular weight excluding hydrogens is 432 g/mol. The van der Waals surface area contributed by atoms with Crippen molar-refractivity contribution >= 4 is 56.2 Å². The number of anilines is 1. The summed E-state index contributed by atoms with van der Waals surface area (Å²) in [4.78, 5) is 23.5. The zero-order valence-corrected chi connectivity index (χ0v) is 17.6. The summed E-state index contributed by atoms with van der Waals surface area (Å²) < 4.78 is 24.5. The van der Waals surface area contributed by atoms with Gasteiger partial charge in [-0.1, -0.05) is 0 Å². The van der Waals surface area contributed by atoms with Crippen molar-refractivity contribution in [1.29, 1.82) is 0 Å². The van der Waals surface area contributed by atoms with Crippen LogP contribution in [0.25, 0.3) is 0 Å². The number of thiazole rings is 1. The lowest BCUT2D eigenvalue weighted by Gasteiger charge is -2.09. The van der Waals surface area contributed by atoms with Crippen LogP contribution in [0.3, 0.4) is 0 Å². The van der Waals surface area contributed by atoms with Crippen LogP contribution in [0.4, 0.5) is 5.13 Å². The monoisotopic (exact) mass is 454 g/mol. The van der Waals surface area contributed by atoms with Gasteiger partial charge in [0.2, 0.25) is 0 Å². The summed E-state index contributed by atoms with van der Waals surface area (Å²) in [5.74, 6) is -1.11. The van der Waals surface area contributed by atoms with Crippen LogP contribution >= 0.6 is 23.1 Å². The fourth-order valence-electron chi connectivity index (χ4n) is 1.32. The molecule has 0 unspecified atom stereocenters.